The van der Waals surface area contributed by atoms with E-state index in [1.54, 1.807) is 12.1 Å². The van der Waals surface area contributed by atoms with Gasteiger partial charge in [0.2, 0.25) is 5.91 Å². The lowest BCUT2D eigenvalue weighted by molar-refractivity contribution is -0.134. The van der Waals surface area contributed by atoms with Crippen molar-refractivity contribution < 1.29 is 13.9 Å². The predicted octanol–water partition coefficient (Wildman–Crippen LogP) is 5.93. The van der Waals surface area contributed by atoms with Crippen LogP contribution in [0.4, 0.5) is 4.39 Å². The number of rotatable bonds is 9. The average molecular weight is 475 g/mol. The number of benzene rings is 3. The lowest BCUT2D eigenvalue weighted by atomic mass is 9.92. The highest BCUT2D eigenvalue weighted by Gasteiger charge is 2.30. The molecule has 0 spiro atoms. The van der Waals surface area contributed by atoms with Crippen LogP contribution in [0.15, 0.2) is 78.9 Å². The molecule has 5 heteroatoms. The molecule has 1 aliphatic heterocycles. The van der Waals surface area contributed by atoms with E-state index in [0.717, 1.165) is 36.3 Å². The third kappa shape index (κ3) is 7.15. The van der Waals surface area contributed by atoms with Crippen molar-refractivity contribution in [3.05, 3.63) is 101 Å². The summed E-state index contributed by atoms with van der Waals surface area (Å²) in [4.78, 5) is 15.6. The maximum atomic E-state index is 13.6. The Labute approximate surface area is 208 Å². The first kappa shape index (κ1) is 24.9. The minimum atomic E-state index is -0.266. The van der Waals surface area contributed by atoms with Crippen molar-refractivity contribution in [1.82, 2.24) is 10.2 Å². The van der Waals surface area contributed by atoms with E-state index in [0.29, 0.717) is 25.5 Å². The number of carbonyl (C=O) groups is 1. The zero-order valence-corrected chi connectivity index (χ0v) is 20.6. The molecule has 2 atom stereocenters. The molecule has 1 fully saturated rings. The molecule has 0 unspecified atom stereocenters. The molecule has 0 radical (unpaired) electrons. The van der Waals surface area contributed by atoms with Crippen molar-refractivity contribution >= 4 is 5.91 Å². The van der Waals surface area contributed by atoms with Gasteiger partial charge in [-0.2, -0.15) is 0 Å². The molecular weight excluding hydrogens is 439 g/mol. The number of carbonyl (C=O) groups excluding carboxylic acids is 1. The van der Waals surface area contributed by atoms with Gasteiger partial charge in [0.25, 0.3) is 0 Å². The molecule has 3 aromatic rings. The zero-order chi connectivity index (χ0) is 24.6. The fourth-order valence-electron chi connectivity index (χ4n) is 4.57. The molecule has 0 saturated carbocycles. The summed E-state index contributed by atoms with van der Waals surface area (Å²) in [5.74, 6) is 1.10. The maximum Gasteiger partial charge on any atom is 0.227 e. The molecule has 1 aliphatic rings. The van der Waals surface area contributed by atoms with Gasteiger partial charge >= 0.3 is 0 Å². The van der Waals surface area contributed by atoms with Gasteiger partial charge in [-0.1, -0.05) is 68.4 Å². The van der Waals surface area contributed by atoms with E-state index in [4.69, 9.17) is 4.74 Å². The maximum absolute atomic E-state index is 13.6. The molecule has 1 heterocycles. The van der Waals surface area contributed by atoms with Crippen LogP contribution in [0, 0.1) is 11.7 Å². The molecule has 4 nitrogen and oxygen atoms in total. The Morgan fingerprint density at radius 2 is 1.69 bits per heavy atom. The molecule has 184 valence electrons. The highest BCUT2D eigenvalue weighted by Crippen LogP contribution is 2.28. The van der Waals surface area contributed by atoms with E-state index in [-0.39, 0.29) is 23.8 Å². The summed E-state index contributed by atoms with van der Waals surface area (Å²) in [6.45, 7) is 6.22. The van der Waals surface area contributed by atoms with Gasteiger partial charge in [0.1, 0.15) is 11.6 Å². The van der Waals surface area contributed by atoms with Crippen LogP contribution in [-0.4, -0.2) is 30.0 Å². The third-order valence-electron chi connectivity index (χ3n) is 6.47. The van der Waals surface area contributed by atoms with E-state index in [1.165, 1.54) is 17.7 Å². The minimum absolute atomic E-state index is 0.0869. The lowest BCUT2D eigenvalue weighted by Crippen LogP contribution is -2.47. The standard InChI is InChI=1S/C30H35FN2O2/c1-22(2)21-35-28-14-10-23(11-15-28)18-30(34)33(20-24-8-12-26(31)13-9-24)27-16-17-32-29(19-27)25-6-4-3-5-7-25/h3-15,22,27,29,32H,16-21H2,1-2H3/t27-,29+/m0/s1. The second kappa shape index (κ2) is 12.0. The van der Waals surface area contributed by atoms with Gasteiger partial charge in [0.05, 0.1) is 13.0 Å². The van der Waals surface area contributed by atoms with E-state index in [9.17, 15) is 9.18 Å². The summed E-state index contributed by atoms with van der Waals surface area (Å²) >= 11 is 0. The SMILES string of the molecule is CC(C)COc1ccc(CC(=O)N(Cc2ccc(F)cc2)[C@H]2CCN[C@@H](c3ccccc3)C2)cc1. The van der Waals surface area contributed by atoms with E-state index >= 15 is 0 Å². The monoisotopic (exact) mass is 474 g/mol. The number of amides is 1. The lowest BCUT2D eigenvalue weighted by Gasteiger charge is -2.38. The average Bonchev–Trinajstić information content (AvgIpc) is 2.88. The third-order valence-corrected chi connectivity index (χ3v) is 6.47. The summed E-state index contributed by atoms with van der Waals surface area (Å²) in [7, 11) is 0. The number of nitrogens with one attached hydrogen (secondary N) is 1. The van der Waals surface area contributed by atoms with Crippen LogP contribution in [0.1, 0.15) is 49.4 Å². The number of ether oxygens (including phenoxy) is 1. The quantitative estimate of drug-likeness (QED) is 0.418. The fourth-order valence-corrected chi connectivity index (χ4v) is 4.57. The molecule has 0 aliphatic carbocycles. The Hall–Kier alpha value is -3.18. The first-order valence-corrected chi connectivity index (χ1v) is 12.5. The number of hydrogen-bond donors (Lipinski definition) is 1. The first-order valence-electron chi connectivity index (χ1n) is 12.5. The Morgan fingerprint density at radius 3 is 2.37 bits per heavy atom. The van der Waals surface area contributed by atoms with Gasteiger partial charge < -0.3 is 15.0 Å². The fraction of sp³-hybridized carbons (Fsp3) is 0.367. The normalized spacial score (nSPS) is 17.8. The van der Waals surface area contributed by atoms with Crippen LogP contribution in [0.2, 0.25) is 0 Å². The second-order valence-corrected chi connectivity index (χ2v) is 9.77. The topological polar surface area (TPSA) is 41.6 Å². The van der Waals surface area contributed by atoms with Crippen LogP contribution >= 0.6 is 0 Å². The number of piperidine rings is 1. The largest absolute Gasteiger partial charge is 0.493 e. The number of halogens is 1. The van der Waals surface area contributed by atoms with Gasteiger partial charge in [-0.05, 0) is 66.3 Å². The smallest absolute Gasteiger partial charge is 0.227 e. The minimum Gasteiger partial charge on any atom is -0.493 e. The van der Waals surface area contributed by atoms with Crippen molar-refractivity contribution in [1.29, 1.82) is 0 Å². The van der Waals surface area contributed by atoms with Crippen LogP contribution in [0.5, 0.6) is 5.75 Å². The first-order chi connectivity index (χ1) is 17.0. The molecule has 4 rings (SSSR count). The summed E-state index contributed by atoms with van der Waals surface area (Å²) in [6, 6.07) is 25.0. The van der Waals surface area contributed by atoms with E-state index in [2.05, 4.69) is 43.4 Å². The molecule has 35 heavy (non-hydrogen) atoms. The predicted molar refractivity (Wildman–Crippen MR) is 138 cm³/mol. The Kier molecular flexibility index (Phi) is 8.54. The van der Waals surface area contributed by atoms with Crippen molar-refractivity contribution in [3.63, 3.8) is 0 Å². The number of hydrogen-bond acceptors (Lipinski definition) is 3. The Balaban J connectivity index is 1.49. The van der Waals surface area contributed by atoms with Gasteiger partial charge in [-0.3, -0.25) is 4.79 Å². The van der Waals surface area contributed by atoms with Gasteiger partial charge in [0.15, 0.2) is 0 Å². The van der Waals surface area contributed by atoms with Gasteiger partial charge in [-0.15, -0.1) is 0 Å². The molecule has 0 aromatic heterocycles. The van der Waals surface area contributed by atoms with Crippen LogP contribution in [0.3, 0.4) is 0 Å². The van der Waals surface area contributed by atoms with Gasteiger partial charge in [0, 0.05) is 18.6 Å². The van der Waals surface area contributed by atoms with Crippen LogP contribution in [-0.2, 0) is 17.8 Å². The summed E-state index contributed by atoms with van der Waals surface area (Å²) in [6.07, 6.45) is 2.06. The Bertz CT molecular complexity index is 1070. The van der Waals surface area contributed by atoms with Crippen LogP contribution < -0.4 is 10.1 Å². The van der Waals surface area contributed by atoms with Crippen molar-refractivity contribution in [2.24, 2.45) is 5.92 Å². The molecule has 1 saturated heterocycles. The van der Waals surface area contributed by atoms with E-state index < -0.39 is 0 Å². The van der Waals surface area contributed by atoms with Gasteiger partial charge in [-0.25, -0.2) is 4.39 Å². The van der Waals surface area contributed by atoms with Crippen molar-refractivity contribution in [2.45, 2.75) is 51.7 Å². The highest BCUT2D eigenvalue weighted by atomic mass is 19.1. The van der Waals surface area contributed by atoms with Crippen LogP contribution in [0.25, 0.3) is 0 Å². The Morgan fingerprint density at radius 1 is 1.00 bits per heavy atom. The summed E-state index contributed by atoms with van der Waals surface area (Å²) in [5, 5.41) is 3.60. The van der Waals surface area contributed by atoms with Crippen molar-refractivity contribution in [3.8, 4) is 5.75 Å². The molecule has 1 amide bonds. The zero-order valence-electron chi connectivity index (χ0n) is 20.6. The molecule has 3 aromatic carbocycles. The molecule has 0 bridgehead atoms. The van der Waals surface area contributed by atoms with Crippen molar-refractivity contribution in [2.75, 3.05) is 13.2 Å². The highest BCUT2D eigenvalue weighted by molar-refractivity contribution is 5.79. The summed E-state index contributed by atoms with van der Waals surface area (Å²) in [5.41, 5.74) is 3.14. The molecular formula is C30H35FN2O2. The second-order valence-electron chi connectivity index (χ2n) is 9.77. The number of nitrogens with zero attached hydrogens (tertiary/aromatic N) is 1. The summed E-state index contributed by atoms with van der Waals surface area (Å²) < 4.78 is 19.3. The van der Waals surface area contributed by atoms with E-state index in [1.807, 2.05) is 35.2 Å². The molecule has 1 N–H and O–H groups in total.